The van der Waals surface area contributed by atoms with Crippen LogP contribution in [0.3, 0.4) is 0 Å². The van der Waals surface area contributed by atoms with Gasteiger partial charge in [0.2, 0.25) is 0 Å². The highest BCUT2D eigenvalue weighted by Crippen LogP contribution is 2.41. The number of benzene rings is 3. The van der Waals surface area contributed by atoms with Crippen molar-refractivity contribution in [3.63, 3.8) is 0 Å². The van der Waals surface area contributed by atoms with Crippen LogP contribution in [0.2, 0.25) is 0 Å². The second kappa shape index (κ2) is 14.0. The van der Waals surface area contributed by atoms with Gasteiger partial charge in [0.05, 0.1) is 17.6 Å². The number of hydrogen-bond acceptors (Lipinski definition) is 7. The van der Waals surface area contributed by atoms with E-state index in [9.17, 15) is 19.7 Å². The second-order valence-corrected chi connectivity index (χ2v) is 11.7. The topological polar surface area (TPSA) is 117 Å². The number of piperidine rings is 1. The number of thiocarbonyl (C=S) groups is 1. The first-order chi connectivity index (χ1) is 21.7. The van der Waals surface area contributed by atoms with Crippen molar-refractivity contribution in [3.8, 4) is 0 Å². The fourth-order valence-electron chi connectivity index (χ4n) is 6.42. The van der Waals surface area contributed by atoms with Crippen LogP contribution in [0.25, 0.3) is 0 Å². The summed E-state index contributed by atoms with van der Waals surface area (Å²) in [5, 5.41) is 17.2. The molecule has 1 unspecified atom stereocenters. The van der Waals surface area contributed by atoms with Crippen molar-refractivity contribution >= 4 is 35.0 Å². The van der Waals surface area contributed by atoms with Crippen molar-refractivity contribution in [2.24, 2.45) is 0 Å². The quantitative estimate of drug-likeness (QED) is 0.106. The lowest BCUT2D eigenvalue weighted by molar-refractivity contribution is -0.384. The zero-order valence-electron chi connectivity index (χ0n) is 25.4. The number of amides is 2. The normalized spacial score (nSPS) is 18.2. The van der Waals surface area contributed by atoms with E-state index in [-0.39, 0.29) is 21.8 Å². The molecule has 1 fully saturated rings. The van der Waals surface area contributed by atoms with Gasteiger partial charge in [0.25, 0.3) is 5.69 Å². The molecule has 2 aliphatic rings. The monoisotopic (exact) mass is 627 g/mol. The zero-order chi connectivity index (χ0) is 32.0. The van der Waals surface area contributed by atoms with Gasteiger partial charge in [-0.25, -0.2) is 9.59 Å². The van der Waals surface area contributed by atoms with Gasteiger partial charge in [0.1, 0.15) is 6.04 Å². The van der Waals surface area contributed by atoms with E-state index in [1.807, 2.05) is 0 Å². The second-order valence-electron chi connectivity index (χ2n) is 11.3. The van der Waals surface area contributed by atoms with Gasteiger partial charge in [-0.2, -0.15) is 0 Å². The molecule has 0 bridgehead atoms. The molecule has 1 saturated heterocycles. The lowest BCUT2D eigenvalue weighted by atomic mass is 9.68. The molecule has 5 rings (SSSR count). The van der Waals surface area contributed by atoms with Gasteiger partial charge in [-0.1, -0.05) is 60.7 Å². The van der Waals surface area contributed by atoms with E-state index in [0.717, 1.165) is 38.9 Å². The van der Waals surface area contributed by atoms with Crippen LogP contribution < -0.4 is 10.6 Å². The predicted molar refractivity (Wildman–Crippen MR) is 175 cm³/mol. The average Bonchev–Trinajstić information content (AvgIpc) is 3.07. The Bertz CT molecular complexity index is 1530. The van der Waals surface area contributed by atoms with E-state index < -0.39 is 23.0 Å². The number of nitrogens with zero attached hydrogens (tertiary/aromatic N) is 3. The Hall–Kier alpha value is -4.61. The molecule has 0 saturated carbocycles. The largest absolute Gasteiger partial charge is 0.466 e. The van der Waals surface area contributed by atoms with Gasteiger partial charge in [-0.05, 0) is 86.9 Å². The number of rotatable bonds is 9. The highest BCUT2D eigenvalue weighted by atomic mass is 32.1. The van der Waals surface area contributed by atoms with Crippen molar-refractivity contribution in [3.05, 3.63) is 123 Å². The van der Waals surface area contributed by atoms with Gasteiger partial charge in [0, 0.05) is 29.8 Å². The third-order valence-corrected chi connectivity index (χ3v) is 9.08. The molecular formula is C34H37N5O5S. The number of methoxy groups -OCH3 is 1. The third kappa shape index (κ3) is 6.74. The summed E-state index contributed by atoms with van der Waals surface area (Å²) in [6.07, 6.45) is 2.73. The molecule has 0 aliphatic carbocycles. The summed E-state index contributed by atoms with van der Waals surface area (Å²) in [6.45, 7) is 4.77. The molecule has 10 nitrogen and oxygen atoms in total. The number of ether oxygens (including phenoxy) is 1. The van der Waals surface area contributed by atoms with Gasteiger partial charge in [-0.3, -0.25) is 15.0 Å². The van der Waals surface area contributed by atoms with Crippen LogP contribution in [0, 0.1) is 10.1 Å². The summed E-state index contributed by atoms with van der Waals surface area (Å²) < 4.78 is 5.02. The third-order valence-electron chi connectivity index (χ3n) is 8.78. The summed E-state index contributed by atoms with van der Waals surface area (Å²) >= 11 is 5.54. The number of carbonyl (C=O) groups excluding carboxylic acids is 2. The number of nitro benzene ring substituents is 1. The van der Waals surface area contributed by atoms with Crippen LogP contribution in [0.1, 0.15) is 48.9 Å². The highest BCUT2D eigenvalue weighted by Gasteiger charge is 2.40. The molecule has 2 amide bonds. The lowest BCUT2D eigenvalue weighted by Crippen LogP contribution is -2.54. The number of allylic oxidation sites excluding steroid dienone is 1. The standard InChI is InChI=1S/C34H37N5O5S/c1-24-29(31(40)44-2)30(25-14-16-28(17-15-25)39(42)43)38(33(45)36-24)32(41)35-20-9-21-37-22-18-34(19-23-37,26-10-5-3-6-11-26)27-12-7-4-8-13-27/h3-8,10-17,30H,9,18-23H2,1-2H3,(H,35,41)(H,36,45). The summed E-state index contributed by atoms with van der Waals surface area (Å²) in [7, 11) is 1.26. The Labute approximate surface area is 268 Å². The number of urea groups is 1. The van der Waals surface area contributed by atoms with Gasteiger partial charge in [-0.15, -0.1) is 0 Å². The van der Waals surface area contributed by atoms with E-state index in [4.69, 9.17) is 17.0 Å². The van der Waals surface area contributed by atoms with Crippen LogP contribution in [-0.2, 0) is 14.9 Å². The molecule has 2 heterocycles. The minimum atomic E-state index is -0.918. The van der Waals surface area contributed by atoms with Crippen molar-refractivity contribution in [2.75, 3.05) is 33.3 Å². The molecule has 2 N–H and O–H groups in total. The number of carbonyl (C=O) groups is 2. The van der Waals surface area contributed by atoms with Crippen molar-refractivity contribution in [1.29, 1.82) is 0 Å². The van der Waals surface area contributed by atoms with Crippen LogP contribution >= 0.6 is 12.2 Å². The molecule has 3 aromatic rings. The van der Waals surface area contributed by atoms with Crippen LogP contribution in [0.15, 0.2) is 96.2 Å². The maximum absolute atomic E-state index is 13.6. The Morgan fingerprint density at radius 2 is 1.58 bits per heavy atom. The first-order valence-corrected chi connectivity index (χ1v) is 15.4. The molecule has 234 valence electrons. The molecule has 11 heteroatoms. The average molecular weight is 628 g/mol. The van der Waals surface area contributed by atoms with Gasteiger partial charge < -0.3 is 20.3 Å². The van der Waals surface area contributed by atoms with E-state index in [0.29, 0.717) is 17.8 Å². The molecule has 1 atom stereocenters. The van der Waals surface area contributed by atoms with E-state index in [1.165, 1.54) is 47.4 Å². The fraction of sp³-hybridized carbons (Fsp3) is 0.324. The number of likely N-dealkylation sites (tertiary alicyclic amines) is 1. The van der Waals surface area contributed by atoms with Crippen molar-refractivity contribution in [1.82, 2.24) is 20.4 Å². The Kier molecular flexibility index (Phi) is 9.90. The number of non-ortho nitro benzene ring substituents is 1. The van der Waals surface area contributed by atoms with Crippen molar-refractivity contribution in [2.45, 2.75) is 37.6 Å². The molecule has 45 heavy (non-hydrogen) atoms. The minimum Gasteiger partial charge on any atom is -0.466 e. The van der Waals surface area contributed by atoms with E-state index >= 15 is 0 Å². The number of esters is 1. The first-order valence-electron chi connectivity index (χ1n) is 15.0. The molecule has 3 aromatic carbocycles. The summed E-state index contributed by atoms with van der Waals surface area (Å²) in [4.78, 5) is 40.9. The van der Waals surface area contributed by atoms with Crippen molar-refractivity contribution < 1.29 is 19.2 Å². The summed E-state index contributed by atoms with van der Waals surface area (Å²) in [5.74, 6) is -0.629. The lowest BCUT2D eigenvalue weighted by Gasteiger charge is -2.43. The Balaban J connectivity index is 1.23. The Morgan fingerprint density at radius 3 is 2.11 bits per heavy atom. The van der Waals surface area contributed by atoms with Gasteiger partial charge >= 0.3 is 12.0 Å². The molecule has 0 spiro atoms. The number of hydrogen-bond donors (Lipinski definition) is 2. The van der Waals surface area contributed by atoms with Gasteiger partial charge in [0.15, 0.2) is 5.11 Å². The fourth-order valence-corrected chi connectivity index (χ4v) is 6.76. The molecule has 2 aliphatic heterocycles. The molecular weight excluding hydrogens is 590 g/mol. The van der Waals surface area contributed by atoms with E-state index in [2.05, 4.69) is 76.2 Å². The molecule has 0 aromatic heterocycles. The minimum absolute atomic E-state index is 0.0277. The first kappa shape index (κ1) is 31.8. The predicted octanol–water partition coefficient (Wildman–Crippen LogP) is 5.45. The maximum Gasteiger partial charge on any atom is 0.337 e. The van der Waals surface area contributed by atoms with Crippen LogP contribution in [0.5, 0.6) is 0 Å². The highest BCUT2D eigenvalue weighted by molar-refractivity contribution is 7.80. The Morgan fingerprint density at radius 1 is 1.00 bits per heavy atom. The smallest absolute Gasteiger partial charge is 0.337 e. The maximum atomic E-state index is 13.6. The summed E-state index contributed by atoms with van der Waals surface area (Å²) in [6, 6.07) is 25.8. The summed E-state index contributed by atoms with van der Waals surface area (Å²) in [5.41, 5.74) is 3.69. The van der Waals surface area contributed by atoms with Crippen LogP contribution in [0.4, 0.5) is 10.5 Å². The molecule has 0 radical (unpaired) electrons. The van der Waals surface area contributed by atoms with E-state index in [1.54, 1.807) is 6.92 Å². The SMILES string of the molecule is COC(=O)C1=C(C)NC(=S)N(C(=O)NCCCN2CCC(c3ccccc3)(c3ccccc3)CC2)C1c1ccc([N+](=O)[O-])cc1. The zero-order valence-corrected chi connectivity index (χ0v) is 26.2. The number of nitro groups is 1. The van der Waals surface area contributed by atoms with Crippen LogP contribution in [-0.4, -0.2) is 65.1 Å². The number of nitrogens with one attached hydrogen (secondary N) is 2.